The molecule has 1 N–H and O–H groups in total. The summed E-state index contributed by atoms with van der Waals surface area (Å²) in [5.41, 5.74) is 0.924. The molecule has 1 aromatic carbocycles. The number of azo groups is 1. The number of carbonyl (C=O) groups is 1. The second-order valence-electron chi connectivity index (χ2n) is 4.91. The van der Waals surface area contributed by atoms with Crippen LogP contribution in [0.5, 0.6) is 5.75 Å². The average molecular weight is 388 g/mol. The number of carbonyl (C=O) groups excluding carboxylic acids is 1. The zero-order chi connectivity index (χ0) is 18.7. The van der Waals surface area contributed by atoms with Crippen molar-refractivity contribution in [3.05, 3.63) is 40.7 Å². The molecule has 0 amide bonds. The summed E-state index contributed by atoms with van der Waals surface area (Å²) < 4.78 is 9.05. The van der Waals surface area contributed by atoms with Gasteiger partial charge in [-0.3, -0.25) is 0 Å². The van der Waals surface area contributed by atoms with Gasteiger partial charge in [0.05, 0.1) is 17.7 Å². The number of pyridine rings is 1. The van der Waals surface area contributed by atoms with Crippen LogP contribution in [-0.2, 0) is 4.74 Å². The van der Waals surface area contributed by atoms with Crippen LogP contribution in [0.4, 0.5) is 10.7 Å². The third kappa shape index (κ3) is 3.33. The number of nitrogens with zero attached hydrogens (tertiary/aromatic N) is 5. The Hall–Kier alpha value is -3.09. The van der Waals surface area contributed by atoms with Gasteiger partial charge in [0, 0.05) is 6.20 Å². The van der Waals surface area contributed by atoms with E-state index in [-0.39, 0.29) is 28.6 Å². The van der Waals surface area contributed by atoms with Gasteiger partial charge in [0.2, 0.25) is 0 Å². The molecule has 0 aliphatic carbocycles. The first kappa shape index (κ1) is 17.7. The standard InChI is InChI=1S/C16H10ClN5O3S/c1-2-25-16(24)9-5-8(3-4-12(9)23)20-21-15-11-7-19-14(17)10(6-18)13(11)22-26-15/h3-5,7,23H,2H2,1H3. The van der Waals surface area contributed by atoms with Crippen molar-refractivity contribution in [1.29, 1.82) is 5.26 Å². The Morgan fingerprint density at radius 1 is 1.46 bits per heavy atom. The third-order valence-corrected chi connectivity index (χ3v) is 4.34. The molecule has 0 bridgehead atoms. The van der Waals surface area contributed by atoms with Crippen molar-refractivity contribution in [2.75, 3.05) is 6.61 Å². The number of benzene rings is 1. The summed E-state index contributed by atoms with van der Waals surface area (Å²) in [6.07, 6.45) is 1.47. The SMILES string of the molecule is CCOC(=O)c1cc(N=Nc2snc3c(C#N)c(Cl)ncc23)ccc1O. The fourth-order valence-electron chi connectivity index (χ4n) is 2.10. The molecule has 0 radical (unpaired) electrons. The second-order valence-corrected chi connectivity index (χ2v) is 6.02. The van der Waals surface area contributed by atoms with Crippen LogP contribution in [0.3, 0.4) is 0 Å². The van der Waals surface area contributed by atoms with Gasteiger partial charge in [0.1, 0.15) is 33.6 Å². The maximum absolute atomic E-state index is 11.8. The van der Waals surface area contributed by atoms with E-state index in [1.54, 1.807) is 6.92 Å². The number of hydrogen-bond donors (Lipinski definition) is 1. The Morgan fingerprint density at radius 3 is 3.00 bits per heavy atom. The lowest BCUT2D eigenvalue weighted by molar-refractivity contribution is 0.0523. The summed E-state index contributed by atoms with van der Waals surface area (Å²) in [6, 6.07) is 6.17. The van der Waals surface area contributed by atoms with E-state index in [0.29, 0.717) is 21.6 Å². The molecule has 0 saturated heterocycles. The van der Waals surface area contributed by atoms with Crippen LogP contribution >= 0.6 is 23.1 Å². The molecule has 0 aliphatic rings. The third-order valence-electron chi connectivity index (χ3n) is 3.30. The number of aromatic hydroxyl groups is 1. The van der Waals surface area contributed by atoms with Crippen molar-refractivity contribution in [2.24, 2.45) is 10.2 Å². The molecule has 3 aromatic rings. The summed E-state index contributed by atoms with van der Waals surface area (Å²) in [5.74, 6) is -0.856. The van der Waals surface area contributed by atoms with E-state index in [2.05, 4.69) is 19.6 Å². The Bertz CT molecular complexity index is 1070. The maximum atomic E-state index is 11.8. The van der Waals surface area contributed by atoms with Gasteiger partial charge in [0.15, 0.2) is 5.00 Å². The van der Waals surface area contributed by atoms with Gasteiger partial charge >= 0.3 is 5.97 Å². The highest BCUT2D eigenvalue weighted by Gasteiger charge is 2.15. The van der Waals surface area contributed by atoms with Crippen molar-refractivity contribution in [3.8, 4) is 11.8 Å². The van der Waals surface area contributed by atoms with Crippen molar-refractivity contribution in [2.45, 2.75) is 6.92 Å². The predicted octanol–water partition coefficient (Wildman–Crippen LogP) is 4.51. The minimum absolute atomic E-state index is 0.00215. The molecular weight excluding hydrogens is 378 g/mol. The Balaban J connectivity index is 1.96. The second kappa shape index (κ2) is 7.43. The summed E-state index contributed by atoms with van der Waals surface area (Å²) in [4.78, 5) is 15.8. The molecule has 0 spiro atoms. The van der Waals surface area contributed by atoms with Crippen LogP contribution in [0, 0.1) is 11.3 Å². The van der Waals surface area contributed by atoms with Crippen molar-refractivity contribution in [3.63, 3.8) is 0 Å². The van der Waals surface area contributed by atoms with Gasteiger partial charge < -0.3 is 9.84 Å². The Kier molecular flexibility index (Phi) is 5.06. The van der Waals surface area contributed by atoms with Crippen molar-refractivity contribution >= 4 is 50.7 Å². The van der Waals surface area contributed by atoms with Crippen LogP contribution in [0.1, 0.15) is 22.8 Å². The molecule has 0 unspecified atom stereocenters. The summed E-state index contributed by atoms with van der Waals surface area (Å²) >= 11 is 6.92. The number of aromatic nitrogens is 2. The lowest BCUT2D eigenvalue weighted by Crippen LogP contribution is -2.04. The number of ether oxygens (including phenoxy) is 1. The van der Waals surface area contributed by atoms with Crippen molar-refractivity contribution < 1.29 is 14.6 Å². The zero-order valence-corrected chi connectivity index (χ0v) is 14.9. The fourth-order valence-corrected chi connectivity index (χ4v) is 2.97. The maximum Gasteiger partial charge on any atom is 0.341 e. The first-order valence-corrected chi connectivity index (χ1v) is 8.46. The van der Waals surface area contributed by atoms with Crippen LogP contribution in [0.2, 0.25) is 5.15 Å². The van der Waals surface area contributed by atoms with Gasteiger partial charge in [-0.1, -0.05) is 11.6 Å². The van der Waals surface area contributed by atoms with E-state index in [4.69, 9.17) is 21.6 Å². The van der Waals surface area contributed by atoms with Gasteiger partial charge in [-0.25, -0.2) is 9.78 Å². The van der Waals surface area contributed by atoms with E-state index in [1.165, 1.54) is 24.4 Å². The highest BCUT2D eigenvalue weighted by molar-refractivity contribution is 7.11. The average Bonchev–Trinajstić information content (AvgIpc) is 3.04. The van der Waals surface area contributed by atoms with Gasteiger partial charge in [-0.2, -0.15) is 9.64 Å². The topological polar surface area (TPSA) is 121 Å². The summed E-state index contributed by atoms with van der Waals surface area (Å²) in [6.45, 7) is 1.86. The lowest BCUT2D eigenvalue weighted by atomic mass is 10.2. The summed E-state index contributed by atoms with van der Waals surface area (Å²) in [7, 11) is 0. The number of fused-ring (bicyclic) bond motifs is 1. The quantitative estimate of drug-likeness (QED) is 0.399. The molecule has 2 aromatic heterocycles. The lowest BCUT2D eigenvalue weighted by Gasteiger charge is -2.04. The van der Waals surface area contributed by atoms with Gasteiger partial charge in [-0.05, 0) is 36.7 Å². The van der Waals surface area contributed by atoms with E-state index in [1.807, 2.05) is 6.07 Å². The molecule has 0 saturated carbocycles. The molecular formula is C16H10ClN5O3S. The number of nitriles is 1. The molecule has 10 heteroatoms. The molecule has 3 rings (SSSR count). The van der Waals surface area contributed by atoms with E-state index < -0.39 is 5.97 Å². The molecule has 0 fully saturated rings. The number of hydrogen-bond acceptors (Lipinski definition) is 9. The van der Waals surface area contributed by atoms with Gasteiger partial charge in [-0.15, -0.1) is 10.2 Å². The van der Waals surface area contributed by atoms with Crippen LogP contribution < -0.4 is 0 Å². The van der Waals surface area contributed by atoms with Gasteiger partial charge in [0.25, 0.3) is 0 Å². The molecule has 8 nitrogen and oxygen atoms in total. The first-order valence-electron chi connectivity index (χ1n) is 7.31. The van der Waals surface area contributed by atoms with Crippen LogP contribution in [-0.4, -0.2) is 27.0 Å². The van der Waals surface area contributed by atoms with Crippen LogP contribution in [0.25, 0.3) is 10.9 Å². The highest BCUT2D eigenvalue weighted by Crippen LogP contribution is 2.35. The molecule has 130 valence electrons. The monoisotopic (exact) mass is 387 g/mol. The minimum Gasteiger partial charge on any atom is -0.507 e. The molecule has 0 aliphatic heterocycles. The van der Waals surface area contributed by atoms with Crippen molar-refractivity contribution in [1.82, 2.24) is 9.36 Å². The predicted molar refractivity (Wildman–Crippen MR) is 95.4 cm³/mol. The fraction of sp³-hybridized carbons (Fsp3) is 0.125. The summed E-state index contributed by atoms with van der Waals surface area (Å²) in [5, 5.41) is 28.1. The Labute approximate surface area is 156 Å². The zero-order valence-electron chi connectivity index (χ0n) is 13.3. The largest absolute Gasteiger partial charge is 0.507 e. The number of phenolic OH excluding ortho intramolecular Hbond substituents is 1. The smallest absolute Gasteiger partial charge is 0.341 e. The minimum atomic E-state index is -0.650. The number of rotatable bonds is 4. The van der Waals surface area contributed by atoms with Crippen LogP contribution in [0.15, 0.2) is 34.6 Å². The first-order chi connectivity index (χ1) is 12.5. The highest BCUT2D eigenvalue weighted by atomic mass is 35.5. The molecule has 26 heavy (non-hydrogen) atoms. The Morgan fingerprint density at radius 2 is 2.27 bits per heavy atom. The van der Waals surface area contributed by atoms with E-state index in [0.717, 1.165) is 11.5 Å². The molecule has 2 heterocycles. The number of esters is 1. The molecule has 0 atom stereocenters. The number of phenols is 1. The normalized spacial score (nSPS) is 11.0. The number of halogens is 1. The van der Waals surface area contributed by atoms with E-state index in [9.17, 15) is 9.90 Å². The van der Waals surface area contributed by atoms with E-state index >= 15 is 0 Å².